The smallest absolute Gasteiger partial charge is 0.182 e. The van der Waals surface area contributed by atoms with Gasteiger partial charge in [-0.25, -0.2) is 0 Å². The Balaban J connectivity index is 2.28. The van der Waals surface area contributed by atoms with Gasteiger partial charge < -0.3 is 0 Å². The fourth-order valence-corrected chi connectivity index (χ4v) is 1.33. The Morgan fingerprint density at radius 1 is 1.06 bits per heavy atom. The minimum atomic E-state index is 0.457. The molecule has 0 bridgehead atoms. The van der Waals surface area contributed by atoms with Crippen molar-refractivity contribution in [2.75, 3.05) is 5.32 Å². The van der Waals surface area contributed by atoms with Gasteiger partial charge in [-0.15, -0.1) is 10.2 Å². The second-order valence-corrected chi connectivity index (χ2v) is 3.41. The third-order valence-electron chi connectivity index (χ3n) is 2.20. The Morgan fingerprint density at radius 2 is 1.81 bits per heavy atom. The third kappa shape index (κ3) is 2.15. The van der Waals surface area contributed by atoms with Gasteiger partial charge in [0.25, 0.3) is 0 Å². The highest BCUT2D eigenvalue weighted by Crippen LogP contribution is 2.17. The zero-order valence-electron chi connectivity index (χ0n) is 8.81. The second-order valence-electron chi connectivity index (χ2n) is 3.41. The number of nitrogens with zero attached hydrogens (tertiary/aromatic N) is 3. The average Bonchev–Trinajstić information content (AvgIpc) is 2.32. The van der Waals surface area contributed by atoms with E-state index >= 15 is 0 Å². The van der Waals surface area contributed by atoms with Crippen LogP contribution in [0, 0.1) is 18.4 Å². The standard InChI is InChI=1S/C12H10N4/c1-9-2-4-10(5-3-9)11-6-7-12(14-8-13)16-15-11/h2-7H,1H3,(H,14,16). The summed E-state index contributed by atoms with van der Waals surface area (Å²) >= 11 is 0. The summed E-state index contributed by atoms with van der Waals surface area (Å²) in [6, 6.07) is 11.6. The van der Waals surface area contributed by atoms with Gasteiger partial charge in [-0.2, -0.15) is 5.26 Å². The van der Waals surface area contributed by atoms with E-state index in [4.69, 9.17) is 5.26 Å². The number of anilines is 1. The van der Waals surface area contributed by atoms with Crippen molar-refractivity contribution < 1.29 is 0 Å². The van der Waals surface area contributed by atoms with Crippen LogP contribution in [0.25, 0.3) is 11.3 Å². The van der Waals surface area contributed by atoms with Gasteiger partial charge in [0.1, 0.15) is 0 Å². The van der Waals surface area contributed by atoms with Crippen molar-refractivity contribution in [1.29, 1.82) is 5.26 Å². The lowest BCUT2D eigenvalue weighted by Gasteiger charge is -2.01. The number of aromatic nitrogens is 2. The molecule has 1 N–H and O–H groups in total. The predicted octanol–water partition coefficient (Wildman–Crippen LogP) is 2.34. The summed E-state index contributed by atoms with van der Waals surface area (Å²) in [6.45, 7) is 2.04. The number of hydrogen-bond acceptors (Lipinski definition) is 4. The predicted molar refractivity (Wildman–Crippen MR) is 61.4 cm³/mol. The van der Waals surface area contributed by atoms with E-state index in [2.05, 4.69) is 15.5 Å². The van der Waals surface area contributed by atoms with Crippen LogP contribution in [0.5, 0.6) is 0 Å². The maximum atomic E-state index is 8.41. The van der Waals surface area contributed by atoms with Crippen molar-refractivity contribution >= 4 is 5.82 Å². The molecule has 1 heterocycles. The zero-order chi connectivity index (χ0) is 11.4. The van der Waals surface area contributed by atoms with E-state index in [9.17, 15) is 0 Å². The molecule has 2 rings (SSSR count). The minimum absolute atomic E-state index is 0.457. The highest BCUT2D eigenvalue weighted by molar-refractivity contribution is 5.60. The lowest BCUT2D eigenvalue weighted by Crippen LogP contribution is -1.94. The first-order chi connectivity index (χ1) is 7.79. The molecule has 0 saturated carbocycles. The molecule has 16 heavy (non-hydrogen) atoms. The topological polar surface area (TPSA) is 61.6 Å². The van der Waals surface area contributed by atoms with Gasteiger partial charge in [0, 0.05) is 5.56 Å². The zero-order valence-corrected chi connectivity index (χ0v) is 8.81. The maximum absolute atomic E-state index is 8.41. The fourth-order valence-electron chi connectivity index (χ4n) is 1.33. The summed E-state index contributed by atoms with van der Waals surface area (Å²) in [4.78, 5) is 0. The van der Waals surface area contributed by atoms with Crippen LogP contribution in [0.3, 0.4) is 0 Å². The molecule has 78 valence electrons. The van der Waals surface area contributed by atoms with Crippen molar-refractivity contribution in [1.82, 2.24) is 10.2 Å². The van der Waals surface area contributed by atoms with Gasteiger partial charge in [-0.05, 0) is 19.1 Å². The highest BCUT2D eigenvalue weighted by atomic mass is 15.2. The fraction of sp³-hybridized carbons (Fsp3) is 0.0833. The van der Waals surface area contributed by atoms with Crippen molar-refractivity contribution in [3.63, 3.8) is 0 Å². The molecule has 4 heteroatoms. The molecule has 2 aromatic rings. The van der Waals surface area contributed by atoms with Crippen molar-refractivity contribution in [2.24, 2.45) is 0 Å². The van der Waals surface area contributed by atoms with Gasteiger partial charge >= 0.3 is 0 Å². The maximum Gasteiger partial charge on any atom is 0.182 e. The Kier molecular flexibility index (Phi) is 2.79. The number of aryl methyl sites for hydroxylation is 1. The van der Waals surface area contributed by atoms with Crippen LogP contribution in [0.4, 0.5) is 5.82 Å². The molecule has 1 aromatic carbocycles. The van der Waals surface area contributed by atoms with Crippen LogP contribution in [0.15, 0.2) is 36.4 Å². The molecule has 0 aliphatic carbocycles. The Labute approximate surface area is 93.6 Å². The Hall–Kier alpha value is -2.41. The van der Waals surface area contributed by atoms with Crippen LogP contribution in [-0.2, 0) is 0 Å². The highest BCUT2D eigenvalue weighted by Gasteiger charge is 2.00. The molecule has 0 amide bonds. The third-order valence-corrected chi connectivity index (χ3v) is 2.20. The molecular formula is C12H10N4. The number of nitrogens with one attached hydrogen (secondary N) is 1. The minimum Gasteiger partial charge on any atom is -0.275 e. The first kappa shape index (κ1) is 10.1. The first-order valence-corrected chi connectivity index (χ1v) is 4.85. The van der Waals surface area contributed by atoms with E-state index in [0.29, 0.717) is 5.82 Å². The van der Waals surface area contributed by atoms with Crippen LogP contribution < -0.4 is 5.32 Å². The van der Waals surface area contributed by atoms with E-state index in [1.54, 1.807) is 12.3 Å². The van der Waals surface area contributed by atoms with Gasteiger partial charge in [0.05, 0.1) is 5.69 Å². The quantitative estimate of drug-likeness (QED) is 0.610. The van der Waals surface area contributed by atoms with Crippen molar-refractivity contribution in [2.45, 2.75) is 6.92 Å². The number of hydrogen-bond donors (Lipinski definition) is 1. The molecule has 0 aliphatic heterocycles. The molecule has 1 aromatic heterocycles. The van der Waals surface area contributed by atoms with E-state index in [1.807, 2.05) is 37.3 Å². The monoisotopic (exact) mass is 210 g/mol. The van der Waals surface area contributed by atoms with Crippen LogP contribution >= 0.6 is 0 Å². The normalized spacial score (nSPS) is 9.50. The van der Waals surface area contributed by atoms with Crippen molar-refractivity contribution in [3.05, 3.63) is 42.0 Å². The second kappa shape index (κ2) is 4.41. The summed E-state index contributed by atoms with van der Waals surface area (Å²) < 4.78 is 0. The molecular weight excluding hydrogens is 200 g/mol. The molecule has 0 unspecified atom stereocenters. The van der Waals surface area contributed by atoms with E-state index in [1.165, 1.54) is 5.56 Å². The summed E-state index contributed by atoms with van der Waals surface area (Å²) in [5.41, 5.74) is 3.02. The van der Waals surface area contributed by atoms with Crippen LogP contribution in [0.2, 0.25) is 0 Å². The van der Waals surface area contributed by atoms with E-state index < -0.39 is 0 Å². The van der Waals surface area contributed by atoms with E-state index in [-0.39, 0.29) is 0 Å². The van der Waals surface area contributed by atoms with Crippen molar-refractivity contribution in [3.8, 4) is 17.5 Å². The Morgan fingerprint density at radius 3 is 2.38 bits per heavy atom. The molecule has 0 radical (unpaired) electrons. The van der Waals surface area contributed by atoms with E-state index in [0.717, 1.165) is 11.3 Å². The molecule has 0 aliphatic rings. The lowest BCUT2D eigenvalue weighted by molar-refractivity contribution is 1.04. The van der Waals surface area contributed by atoms with Gasteiger partial charge in [-0.1, -0.05) is 29.8 Å². The molecule has 0 fully saturated rings. The lowest BCUT2D eigenvalue weighted by atomic mass is 10.1. The van der Waals surface area contributed by atoms with Gasteiger partial charge in [0.2, 0.25) is 0 Å². The average molecular weight is 210 g/mol. The number of nitriles is 1. The summed E-state index contributed by atoms with van der Waals surface area (Å²) in [5.74, 6) is 0.457. The largest absolute Gasteiger partial charge is 0.275 e. The number of rotatable bonds is 2. The molecule has 4 nitrogen and oxygen atoms in total. The molecule has 0 saturated heterocycles. The summed E-state index contributed by atoms with van der Waals surface area (Å²) in [5, 5.41) is 18.8. The number of benzene rings is 1. The first-order valence-electron chi connectivity index (χ1n) is 4.85. The SMILES string of the molecule is Cc1ccc(-c2ccc(NC#N)nn2)cc1. The van der Waals surface area contributed by atoms with Crippen LogP contribution in [-0.4, -0.2) is 10.2 Å². The van der Waals surface area contributed by atoms with Gasteiger partial charge in [-0.3, -0.25) is 5.32 Å². The molecule has 0 spiro atoms. The van der Waals surface area contributed by atoms with Crippen LogP contribution in [0.1, 0.15) is 5.56 Å². The summed E-state index contributed by atoms with van der Waals surface area (Å²) in [7, 11) is 0. The van der Waals surface area contributed by atoms with Gasteiger partial charge in [0.15, 0.2) is 12.0 Å². The summed E-state index contributed by atoms with van der Waals surface area (Å²) in [6.07, 6.45) is 1.80. The molecule has 0 atom stereocenters. The Bertz CT molecular complexity index is 508.